The number of carbonyl (C=O) groups is 1. The first-order chi connectivity index (χ1) is 15.2. The summed E-state index contributed by atoms with van der Waals surface area (Å²) in [4.78, 5) is 12.4. The number of allylic oxidation sites excluding steroid dienone is 5. The first-order valence-corrected chi connectivity index (χ1v) is 11.8. The summed E-state index contributed by atoms with van der Waals surface area (Å²) in [6.07, 6.45) is 7.12. The van der Waals surface area contributed by atoms with Gasteiger partial charge in [0.25, 0.3) is 5.97 Å². The number of ether oxygens (including phenoxy) is 1. The zero-order valence-electron chi connectivity index (χ0n) is 21.2. The molecule has 3 rings (SSSR count). The first kappa shape index (κ1) is 27.6. The molecule has 0 saturated heterocycles. The van der Waals surface area contributed by atoms with Gasteiger partial charge in [-0.2, -0.15) is 11.6 Å². The van der Waals surface area contributed by atoms with E-state index in [4.69, 9.17) is 4.74 Å². The number of hydrogen-bond donors (Lipinski definition) is 0. The molecule has 0 spiro atoms. The fourth-order valence-electron chi connectivity index (χ4n) is 5.09. The van der Waals surface area contributed by atoms with Gasteiger partial charge in [-0.25, -0.2) is 0 Å². The molecule has 0 fully saturated rings. The van der Waals surface area contributed by atoms with Crippen molar-refractivity contribution in [3.63, 3.8) is 0 Å². The van der Waals surface area contributed by atoms with Gasteiger partial charge in [0.15, 0.2) is 0 Å². The summed E-state index contributed by atoms with van der Waals surface area (Å²) in [7, 11) is 0. The summed E-state index contributed by atoms with van der Waals surface area (Å²) in [5.41, 5.74) is 13.5. The number of hydrogen-bond acceptors (Lipinski definition) is 2. The Kier molecular flexibility index (Phi) is 9.72. The summed E-state index contributed by atoms with van der Waals surface area (Å²) >= 11 is 0. The summed E-state index contributed by atoms with van der Waals surface area (Å²) < 4.78 is 5.40. The van der Waals surface area contributed by atoms with Crippen molar-refractivity contribution >= 4 is 11.5 Å². The Hall–Kier alpha value is -1.69. The minimum Gasteiger partial charge on any atom is -0.479 e. The Bertz CT molecular complexity index is 1070. The number of aryl methyl sites for hydroxylation is 2. The monoisotopic (exact) mass is 667 g/mol. The fourth-order valence-corrected chi connectivity index (χ4v) is 5.09. The van der Waals surface area contributed by atoms with Crippen LogP contribution in [0.1, 0.15) is 75.6 Å². The molecule has 2 nitrogen and oxygen atoms in total. The molecule has 0 radical (unpaired) electrons. The third kappa shape index (κ3) is 5.53. The van der Waals surface area contributed by atoms with Gasteiger partial charge in [-0.05, 0) is 78.5 Å². The van der Waals surface area contributed by atoms with E-state index in [1.54, 1.807) is 0 Å². The quantitative estimate of drug-likeness (QED) is 0.177. The molecule has 0 saturated carbocycles. The molecule has 174 valence electrons. The van der Waals surface area contributed by atoms with Crippen LogP contribution in [-0.4, -0.2) is 12.6 Å². The van der Waals surface area contributed by atoms with Crippen LogP contribution in [-0.2, 0) is 16.0 Å². The van der Waals surface area contributed by atoms with Crippen LogP contribution < -0.4 is 0 Å². The van der Waals surface area contributed by atoms with Crippen molar-refractivity contribution in [3.8, 4) is 0 Å². The van der Waals surface area contributed by atoms with Crippen molar-refractivity contribution in [2.75, 3.05) is 6.61 Å². The van der Waals surface area contributed by atoms with Gasteiger partial charge in [0.2, 0.25) is 0 Å². The largest absolute Gasteiger partial charge is 0.479 e. The Morgan fingerprint density at radius 3 is 2.39 bits per heavy atom. The normalized spacial score (nSPS) is 17.8. The molecular weight excluding hydrogens is 630 g/mol. The van der Waals surface area contributed by atoms with Crippen molar-refractivity contribution < 1.29 is 40.6 Å². The van der Waals surface area contributed by atoms with Crippen LogP contribution in [0.5, 0.6) is 0 Å². The third-order valence-electron chi connectivity index (χ3n) is 6.94. The van der Waals surface area contributed by atoms with Crippen LogP contribution in [0, 0.1) is 50.9 Å². The standard InChI is InChI=1S/C30H37O2.U/c1-9-23(26-13-11-12-25-19(5)14-15-20(6)29(25)26)22(8)21(7)16-27-24(10-2)30(31)32-17-28(27)18(3)4;/h14-16H,3,8-13,17H2,1-2,4-7H3;/q-1;/b21-16+,26-23-;. The maximum atomic E-state index is 12.4. The SMILES string of the molecule is C=C(C)C1=C(/C=C(\C)C(=C)/C(CC)=C2/CCCc3c(C)ccc(C)c32)[C-](CC)C(=O)OC1.[U]. The molecule has 0 amide bonds. The number of fused-ring (bicyclic) bond motifs is 1. The Morgan fingerprint density at radius 2 is 1.79 bits per heavy atom. The maximum Gasteiger partial charge on any atom is 0.277 e. The van der Waals surface area contributed by atoms with Gasteiger partial charge in [0, 0.05) is 31.1 Å². The molecule has 0 bridgehead atoms. The van der Waals surface area contributed by atoms with Crippen molar-refractivity contribution in [1.29, 1.82) is 0 Å². The van der Waals surface area contributed by atoms with E-state index in [9.17, 15) is 4.79 Å². The minimum atomic E-state index is -0.219. The number of rotatable bonds is 6. The Morgan fingerprint density at radius 1 is 1.12 bits per heavy atom. The zero-order valence-corrected chi connectivity index (χ0v) is 25.4. The van der Waals surface area contributed by atoms with Crippen LogP contribution >= 0.6 is 0 Å². The average molecular weight is 668 g/mol. The van der Waals surface area contributed by atoms with Gasteiger partial charge >= 0.3 is 0 Å². The molecule has 0 atom stereocenters. The number of carbonyl (C=O) groups excluding carboxylic acids is 1. The van der Waals surface area contributed by atoms with E-state index >= 15 is 0 Å². The van der Waals surface area contributed by atoms with E-state index < -0.39 is 0 Å². The van der Waals surface area contributed by atoms with E-state index in [0.717, 1.165) is 53.0 Å². The summed E-state index contributed by atoms with van der Waals surface area (Å²) in [5, 5.41) is 0. The third-order valence-corrected chi connectivity index (χ3v) is 6.94. The van der Waals surface area contributed by atoms with Crippen molar-refractivity contribution in [1.82, 2.24) is 0 Å². The molecule has 33 heavy (non-hydrogen) atoms. The summed E-state index contributed by atoms with van der Waals surface area (Å²) in [6.45, 7) is 21.7. The van der Waals surface area contributed by atoms with Crippen molar-refractivity contribution in [2.24, 2.45) is 0 Å². The molecule has 1 aliphatic carbocycles. The van der Waals surface area contributed by atoms with Crippen LogP contribution in [0.25, 0.3) is 5.57 Å². The van der Waals surface area contributed by atoms with Crippen LogP contribution in [0.2, 0.25) is 0 Å². The van der Waals surface area contributed by atoms with E-state index in [2.05, 4.69) is 59.1 Å². The fraction of sp³-hybridized carbons (Fsp3) is 0.400. The predicted molar refractivity (Wildman–Crippen MR) is 135 cm³/mol. The van der Waals surface area contributed by atoms with Gasteiger partial charge in [0.1, 0.15) is 0 Å². The molecule has 1 heterocycles. The molecule has 3 heteroatoms. The van der Waals surface area contributed by atoms with Crippen LogP contribution in [0.3, 0.4) is 0 Å². The molecule has 0 N–H and O–H groups in total. The van der Waals surface area contributed by atoms with E-state index in [1.807, 2.05) is 13.8 Å². The molecule has 0 unspecified atom stereocenters. The molecular formula is C30H37O2U-. The predicted octanol–water partition coefficient (Wildman–Crippen LogP) is 7.72. The first-order valence-electron chi connectivity index (χ1n) is 11.8. The molecule has 1 aromatic carbocycles. The van der Waals surface area contributed by atoms with Gasteiger partial charge in [-0.3, -0.25) is 4.79 Å². The molecule has 1 aromatic rings. The van der Waals surface area contributed by atoms with Crippen LogP contribution in [0.15, 0.2) is 64.8 Å². The molecule has 1 aliphatic heterocycles. The van der Waals surface area contributed by atoms with Gasteiger partial charge in [-0.1, -0.05) is 64.3 Å². The van der Waals surface area contributed by atoms with E-state index in [1.165, 1.54) is 39.8 Å². The minimum absolute atomic E-state index is 0. The summed E-state index contributed by atoms with van der Waals surface area (Å²) in [6, 6.07) is 4.50. The Balaban J connectivity index is 0.00000385. The second kappa shape index (κ2) is 11.6. The topological polar surface area (TPSA) is 26.3 Å². The maximum absolute atomic E-state index is 12.4. The van der Waals surface area contributed by atoms with Crippen molar-refractivity contribution in [3.05, 3.63) is 93.0 Å². The smallest absolute Gasteiger partial charge is 0.277 e. The average Bonchev–Trinajstić information content (AvgIpc) is 2.76. The molecule has 2 aliphatic rings. The van der Waals surface area contributed by atoms with E-state index in [-0.39, 0.29) is 43.7 Å². The zero-order chi connectivity index (χ0) is 23.6. The second-order valence-electron chi connectivity index (χ2n) is 9.10. The number of esters is 1. The van der Waals surface area contributed by atoms with Gasteiger partial charge < -0.3 is 4.74 Å². The van der Waals surface area contributed by atoms with Crippen LogP contribution in [0.4, 0.5) is 0 Å². The summed E-state index contributed by atoms with van der Waals surface area (Å²) in [5.74, 6) is 0.505. The van der Waals surface area contributed by atoms with Gasteiger partial charge in [-0.15, -0.1) is 17.7 Å². The Labute approximate surface area is 224 Å². The number of benzene rings is 1. The van der Waals surface area contributed by atoms with Gasteiger partial charge in [0.05, 0.1) is 6.61 Å². The molecule has 0 aromatic heterocycles. The van der Waals surface area contributed by atoms with E-state index in [0.29, 0.717) is 6.42 Å². The second-order valence-corrected chi connectivity index (χ2v) is 9.10. The number of cyclic esters (lactones) is 1. The van der Waals surface area contributed by atoms with Crippen molar-refractivity contribution in [2.45, 2.75) is 73.6 Å².